The quantitative estimate of drug-likeness (QED) is 0.459. The van der Waals surface area contributed by atoms with Crippen LogP contribution in [-0.4, -0.2) is 35.5 Å². The molecule has 3 N–H and O–H groups in total. The summed E-state index contributed by atoms with van der Waals surface area (Å²) in [5.74, 6) is -0.845. The molecule has 0 radical (unpaired) electrons. The van der Waals surface area contributed by atoms with Gasteiger partial charge in [-0.3, -0.25) is 0 Å². The van der Waals surface area contributed by atoms with Crippen LogP contribution in [0.2, 0.25) is 0 Å². The van der Waals surface area contributed by atoms with Crippen molar-refractivity contribution >= 4 is 5.97 Å². The number of rotatable bonds is 8. The lowest BCUT2D eigenvalue weighted by atomic mass is 10.1. The molecule has 0 spiro atoms. The predicted molar refractivity (Wildman–Crippen MR) is 91.6 cm³/mol. The number of carbonyl (C=O) groups is 1. The number of aliphatic hydroxyl groups excluding tert-OH is 2. The van der Waals surface area contributed by atoms with Crippen molar-refractivity contribution in [1.82, 2.24) is 0 Å². The molecule has 0 fully saturated rings. The van der Waals surface area contributed by atoms with E-state index in [0.29, 0.717) is 5.57 Å². The van der Waals surface area contributed by atoms with Gasteiger partial charge in [-0.05, 0) is 13.8 Å². The fourth-order valence-electron chi connectivity index (χ4n) is 1.33. The van der Waals surface area contributed by atoms with E-state index in [1.807, 2.05) is 0 Å². The molecule has 21 heavy (non-hydrogen) atoms. The standard InChI is InChI=1S/C10H22.C5H8O2.2CH4O/c1-3-5-7-9-10-8-6-4-2;1-3-4(2)5(6)7;2*1-2/h3-10H2,1-2H3;3H,1-2H3,(H,6,7);2*2H,1H3. The number of allylic oxidation sites excluding steroid dienone is 1. The second-order valence-electron chi connectivity index (χ2n) is 4.40. The smallest absolute Gasteiger partial charge is 0.330 e. The second kappa shape index (κ2) is 31.5. The Balaban J connectivity index is -0.000000115. The first kappa shape index (κ1) is 28.3. The highest BCUT2D eigenvalue weighted by Crippen LogP contribution is 2.07. The van der Waals surface area contributed by atoms with Crippen LogP contribution < -0.4 is 0 Å². The number of hydrogen-bond acceptors (Lipinski definition) is 3. The van der Waals surface area contributed by atoms with Crippen molar-refractivity contribution in [2.24, 2.45) is 0 Å². The minimum atomic E-state index is -0.845. The van der Waals surface area contributed by atoms with E-state index in [2.05, 4.69) is 13.8 Å². The highest BCUT2D eigenvalue weighted by molar-refractivity contribution is 5.85. The number of carboxylic acid groups (broad SMARTS) is 1. The van der Waals surface area contributed by atoms with E-state index < -0.39 is 5.97 Å². The molecule has 0 unspecified atom stereocenters. The van der Waals surface area contributed by atoms with Crippen LogP contribution >= 0.6 is 0 Å². The Hall–Kier alpha value is -0.870. The van der Waals surface area contributed by atoms with Crippen molar-refractivity contribution in [3.8, 4) is 0 Å². The summed E-state index contributed by atoms with van der Waals surface area (Å²) in [6.45, 7) is 7.80. The van der Waals surface area contributed by atoms with Crippen LogP contribution in [0.15, 0.2) is 11.6 Å². The Morgan fingerprint density at radius 2 is 1.10 bits per heavy atom. The monoisotopic (exact) mass is 306 g/mol. The van der Waals surface area contributed by atoms with Crippen molar-refractivity contribution < 1.29 is 20.1 Å². The van der Waals surface area contributed by atoms with Crippen molar-refractivity contribution in [2.75, 3.05) is 14.2 Å². The van der Waals surface area contributed by atoms with Gasteiger partial charge in [0.2, 0.25) is 0 Å². The lowest BCUT2D eigenvalue weighted by Gasteiger charge is -1.97. The van der Waals surface area contributed by atoms with E-state index in [9.17, 15) is 4.79 Å². The molecule has 4 heteroatoms. The molecule has 0 heterocycles. The van der Waals surface area contributed by atoms with Gasteiger partial charge >= 0.3 is 5.97 Å². The second-order valence-corrected chi connectivity index (χ2v) is 4.40. The molecule has 0 aromatic rings. The predicted octanol–water partition coefficient (Wildman–Crippen LogP) is 4.40. The van der Waals surface area contributed by atoms with E-state index in [0.717, 1.165) is 14.2 Å². The Kier molecular flexibility index (Phi) is 42.5. The summed E-state index contributed by atoms with van der Waals surface area (Å²) in [6, 6.07) is 0. The first-order valence-electron chi connectivity index (χ1n) is 7.85. The molecule has 0 aliphatic rings. The summed E-state index contributed by atoms with van der Waals surface area (Å²) in [5, 5.41) is 22.1. The van der Waals surface area contributed by atoms with Crippen molar-refractivity contribution in [3.63, 3.8) is 0 Å². The molecule has 0 rings (SSSR count). The van der Waals surface area contributed by atoms with Crippen LogP contribution in [0.4, 0.5) is 0 Å². The third-order valence-electron chi connectivity index (χ3n) is 2.73. The first-order chi connectivity index (χ1) is 10.1. The van der Waals surface area contributed by atoms with Gasteiger partial charge in [-0.15, -0.1) is 0 Å². The van der Waals surface area contributed by atoms with Crippen LogP contribution in [0, 0.1) is 0 Å². The Morgan fingerprint density at radius 1 is 0.810 bits per heavy atom. The van der Waals surface area contributed by atoms with Crippen molar-refractivity contribution in [1.29, 1.82) is 0 Å². The molecule has 0 aliphatic heterocycles. The van der Waals surface area contributed by atoms with Crippen LogP contribution in [0.25, 0.3) is 0 Å². The Bertz CT molecular complexity index is 193. The van der Waals surface area contributed by atoms with Gasteiger partial charge < -0.3 is 15.3 Å². The normalized spacial score (nSPS) is 9.24. The highest BCUT2D eigenvalue weighted by Gasteiger charge is 1.93. The van der Waals surface area contributed by atoms with E-state index in [4.69, 9.17) is 15.3 Å². The maximum absolute atomic E-state index is 9.86. The van der Waals surface area contributed by atoms with Gasteiger partial charge in [-0.2, -0.15) is 0 Å². The number of hydrogen-bond donors (Lipinski definition) is 3. The summed E-state index contributed by atoms with van der Waals surface area (Å²) < 4.78 is 0. The number of aliphatic carboxylic acids is 1. The van der Waals surface area contributed by atoms with Crippen molar-refractivity contribution in [2.45, 2.75) is 79.1 Å². The zero-order valence-electron chi connectivity index (χ0n) is 15.0. The van der Waals surface area contributed by atoms with Crippen LogP contribution in [0.1, 0.15) is 79.1 Å². The molecule has 0 aromatic carbocycles. The average Bonchev–Trinajstić information content (AvgIpc) is 2.54. The van der Waals surface area contributed by atoms with E-state index in [1.165, 1.54) is 51.4 Å². The van der Waals surface area contributed by atoms with Gasteiger partial charge in [0.05, 0.1) is 0 Å². The molecular formula is C17H38O4. The fraction of sp³-hybridized carbons (Fsp3) is 0.824. The summed E-state index contributed by atoms with van der Waals surface area (Å²) >= 11 is 0. The number of carboxylic acids is 1. The lowest BCUT2D eigenvalue weighted by Crippen LogP contribution is -1.93. The van der Waals surface area contributed by atoms with Crippen LogP contribution in [0.3, 0.4) is 0 Å². The molecule has 4 nitrogen and oxygen atoms in total. The average molecular weight is 306 g/mol. The Labute approximate surface area is 131 Å². The summed E-state index contributed by atoms with van der Waals surface area (Å²) in [6.07, 6.45) is 13.0. The zero-order valence-corrected chi connectivity index (χ0v) is 15.0. The lowest BCUT2D eigenvalue weighted by molar-refractivity contribution is -0.132. The van der Waals surface area contributed by atoms with Gasteiger partial charge in [0.1, 0.15) is 0 Å². The summed E-state index contributed by atoms with van der Waals surface area (Å²) in [4.78, 5) is 9.86. The van der Waals surface area contributed by atoms with Gasteiger partial charge in [-0.1, -0.05) is 71.3 Å². The van der Waals surface area contributed by atoms with E-state index in [-0.39, 0.29) is 0 Å². The SMILES string of the molecule is CC=C(C)C(=O)O.CCCCCCCCCC.CO.CO. The van der Waals surface area contributed by atoms with E-state index >= 15 is 0 Å². The van der Waals surface area contributed by atoms with Gasteiger partial charge in [0.15, 0.2) is 0 Å². The van der Waals surface area contributed by atoms with Crippen LogP contribution in [-0.2, 0) is 4.79 Å². The fourth-order valence-corrected chi connectivity index (χ4v) is 1.33. The maximum Gasteiger partial charge on any atom is 0.330 e. The maximum atomic E-state index is 9.86. The minimum Gasteiger partial charge on any atom is -0.478 e. The topological polar surface area (TPSA) is 77.8 Å². The number of aliphatic hydroxyl groups is 2. The summed E-state index contributed by atoms with van der Waals surface area (Å²) in [7, 11) is 2.00. The van der Waals surface area contributed by atoms with Crippen molar-refractivity contribution in [3.05, 3.63) is 11.6 Å². The number of unbranched alkanes of at least 4 members (excludes halogenated alkanes) is 7. The highest BCUT2D eigenvalue weighted by atomic mass is 16.4. The molecule has 0 aromatic heterocycles. The largest absolute Gasteiger partial charge is 0.478 e. The molecule has 0 aliphatic carbocycles. The molecule has 130 valence electrons. The summed E-state index contributed by atoms with van der Waals surface area (Å²) in [5.41, 5.74) is 0.389. The molecular weight excluding hydrogens is 268 g/mol. The third kappa shape index (κ3) is 38.2. The molecule has 0 saturated heterocycles. The van der Waals surface area contributed by atoms with Gasteiger partial charge in [-0.25, -0.2) is 4.79 Å². The van der Waals surface area contributed by atoms with E-state index in [1.54, 1.807) is 19.9 Å². The van der Waals surface area contributed by atoms with Crippen LogP contribution in [0.5, 0.6) is 0 Å². The first-order valence-corrected chi connectivity index (χ1v) is 7.85. The Morgan fingerprint density at radius 3 is 1.24 bits per heavy atom. The minimum absolute atomic E-state index is 0.389. The zero-order chi connectivity index (χ0) is 17.5. The van der Waals surface area contributed by atoms with Gasteiger partial charge in [0, 0.05) is 19.8 Å². The third-order valence-corrected chi connectivity index (χ3v) is 2.73. The molecule has 0 saturated carbocycles. The molecule has 0 atom stereocenters. The molecule has 0 bridgehead atoms. The molecule has 0 amide bonds. The van der Waals surface area contributed by atoms with Gasteiger partial charge in [0.25, 0.3) is 0 Å².